The molecule has 0 saturated carbocycles. The molecule has 0 heterocycles. The van der Waals surface area contributed by atoms with Crippen LogP contribution in [0.4, 0.5) is 4.39 Å². The van der Waals surface area contributed by atoms with Crippen molar-refractivity contribution in [3.63, 3.8) is 0 Å². The van der Waals surface area contributed by atoms with E-state index in [-0.39, 0.29) is 18.1 Å². The van der Waals surface area contributed by atoms with E-state index < -0.39 is 6.10 Å². The molecule has 22 heavy (non-hydrogen) atoms. The highest BCUT2D eigenvalue weighted by molar-refractivity contribution is 5.82. The van der Waals surface area contributed by atoms with Crippen LogP contribution in [0.3, 0.4) is 0 Å². The molecule has 0 aliphatic rings. The first kappa shape index (κ1) is 15.9. The van der Waals surface area contributed by atoms with E-state index in [2.05, 4.69) is 10.5 Å². The van der Waals surface area contributed by atoms with Crippen LogP contribution in [0, 0.1) is 5.82 Å². The quantitative estimate of drug-likeness (QED) is 0.636. The van der Waals surface area contributed by atoms with Gasteiger partial charge in [-0.25, -0.2) is 9.82 Å². The number of nitrogens with zero attached hydrogens (tertiary/aromatic N) is 1. The molecule has 1 atom stereocenters. The molecule has 0 saturated heterocycles. The molecular weight excluding hydrogens is 283 g/mol. The Bertz CT molecular complexity index is 627. The Hall–Kier alpha value is -2.53. The maximum atomic E-state index is 12.7. The number of carbonyl (C=O) groups is 1. The molecule has 5 heteroatoms. The van der Waals surface area contributed by atoms with E-state index in [0.717, 1.165) is 5.56 Å². The predicted molar refractivity (Wildman–Crippen MR) is 82.8 cm³/mol. The van der Waals surface area contributed by atoms with Crippen LogP contribution in [0.5, 0.6) is 0 Å². The summed E-state index contributed by atoms with van der Waals surface area (Å²) in [5, 5.41) is 13.7. The normalized spacial score (nSPS) is 12.3. The number of benzene rings is 2. The van der Waals surface area contributed by atoms with Crippen LogP contribution in [-0.2, 0) is 4.79 Å². The first-order valence-corrected chi connectivity index (χ1v) is 6.95. The van der Waals surface area contributed by atoms with Crippen molar-refractivity contribution >= 4 is 12.1 Å². The Morgan fingerprint density at radius 1 is 1.18 bits per heavy atom. The molecule has 2 aromatic rings. The molecule has 0 unspecified atom stereocenters. The zero-order chi connectivity index (χ0) is 15.8. The van der Waals surface area contributed by atoms with Gasteiger partial charge in [-0.2, -0.15) is 5.10 Å². The Morgan fingerprint density at radius 2 is 1.86 bits per heavy atom. The van der Waals surface area contributed by atoms with Crippen LogP contribution in [0.15, 0.2) is 59.7 Å². The lowest BCUT2D eigenvalue weighted by Gasteiger charge is -2.09. The number of aliphatic hydroxyl groups excluding tert-OH is 1. The fourth-order valence-corrected chi connectivity index (χ4v) is 1.89. The number of amides is 1. The van der Waals surface area contributed by atoms with Gasteiger partial charge in [-0.05, 0) is 29.7 Å². The minimum atomic E-state index is -0.673. The predicted octanol–water partition coefficient (Wildman–Crippen LogP) is 2.79. The molecule has 114 valence electrons. The first-order valence-electron chi connectivity index (χ1n) is 6.95. The zero-order valence-electron chi connectivity index (χ0n) is 11.9. The third-order valence-electron chi connectivity index (χ3n) is 3.10. The average Bonchev–Trinajstić information content (AvgIpc) is 2.55. The average molecular weight is 300 g/mol. The lowest BCUT2D eigenvalue weighted by atomic mass is 10.1. The zero-order valence-corrected chi connectivity index (χ0v) is 11.9. The smallest absolute Gasteiger partial charge is 0.240 e. The Balaban J connectivity index is 1.75. The van der Waals surface area contributed by atoms with Gasteiger partial charge < -0.3 is 5.11 Å². The van der Waals surface area contributed by atoms with Gasteiger partial charge in [0.15, 0.2) is 0 Å². The number of aliphatic hydroxyl groups is 1. The van der Waals surface area contributed by atoms with Gasteiger partial charge in [-0.15, -0.1) is 0 Å². The minimum Gasteiger partial charge on any atom is -0.388 e. The van der Waals surface area contributed by atoms with E-state index >= 15 is 0 Å². The highest BCUT2D eigenvalue weighted by atomic mass is 19.1. The molecule has 0 aromatic heterocycles. The summed E-state index contributed by atoms with van der Waals surface area (Å²) in [5.41, 5.74) is 3.85. The number of rotatable bonds is 6. The first-order chi connectivity index (χ1) is 10.6. The molecule has 0 spiro atoms. The largest absolute Gasteiger partial charge is 0.388 e. The standard InChI is InChI=1S/C17H17FN2O2/c18-15-8-6-13(7-9-15)12-19-20-17(22)11-10-16(21)14-4-2-1-3-5-14/h1-9,12,16,21H,10-11H2,(H,20,22)/b19-12-/t16-/m0/s1. The lowest BCUT2D eigenvalue weighted by molar-refractivity contribution is -0.121. The van der Waals surface area contributed by atoms with Gasteiger partial charge in [-0.3, -0.25) is 4.79 Å². The molecule has 2 N–H and O–H groups in total. The summed E-state index contributed by atoms with van der Waals surface area (Å²) in [6, 6.07) is 14.9. The lowest BCUT2D eigenvalue weighted by Crippen LogP contribution is -2.18. The Morgan fingerprint density at radius 3 is 2.55 bits per heavy atom. The third kappa shape index (κ3) is 5.10. The summed E-state index contributed by atoms with van der Waals surface area (Å²) in [6.45, 7) is 0. The van der Waals surface area contributed by atoms with Crippen molar-refractivity contribution < 1.29 is 14.3 Å². The fourth-order valence-electron chi connectivity index (χ4n) is 1.89. The maximum absolute atomic E-state index is 12.7. The Kier molecular flexibility index (Phi) is 5.80. The molecule has 0 bridgehead atoms. The molecule has 2 aromatic carbocycles. The number of hydrazone groups is 1. The van der Waals surface area contributed by atoms with Gasteiger partial charge in [0.25, 0.3) is 0 Å². The van der Waals surface area contributed by atoms with Crippen molar-refractivity contribution in [2.75, 3.05) is 0 Å². The number of halogens is 1. The summed E-state index contributed by atoms with van der Waals surface area (Å²) < 4.78 is 12.7. The Labute approximate surface area is 128 Å². The summed E-state index contributed by atoms with van der Waals surface area (Å²) in [4.78, 5) is 11.6. The van der Waals surface area contributed by atoms with E-state index in [1.54, 1.807) is 12.1 Å². The van der Waals surface area contributed by atoms with Crippen LogP contribution >= 0.6 is 0 Å². The second-order valence-electron chi connectivity index (χ2n) is 4.81. The summed E-state index contributed by atoms with van der Waals surface area (Å²) >= 11 is 0. The molecule has 1 amide bonds. The SMILES string of the molecule is O=C(CC[C@H](O)c1ccccc1)N/N=C\c1ccc(F)cc1. The number of nitrogens with one attached hydrogen (secondary N) is 1. The van der Waals surface area contributed by atoms with Crippen molar-refractivity contribution in [2.45, 2.75) is 18.9 Å². The van der Waals surface area contributed by atoms with Gasteiger partial charge in [0.2, 0.25) is 5.91 Å². The van der Waals surface area contributed by atoms with E-state index in [1.807, 2.05) is 30.3 Å². The highest BCUT2D eigenvalue weighted by Gasteiger charge is 2.09. The third-order valence-corrected chi connectivity index (χ3v) is 3.10. The van der Waals surface area contributed by atoms with Gasteiger partial charge >= 0.3 is 0 Å². The van der Waals surface area contributed by atoms with E-state index in [4.69, 9.17) is 0 Å². The highest BCUT2D eigenvalue weighted by Crippen LogP contribution is 2.17. The van der Waals surface area contributed by atoms with Crippen molar-refractivity contribution in [3.05, 3.63) is 71.5 Å². The number of hydrogen-bond acceptors (Lipinski definition) is 3. The minimum absolute atomic E-state index is 0.164. The van der Waals surface area contributed by atoms with E-state index in [9.17, 15) is 14.3 Å². The fraction of sp³-hybridized carbons (Fsp3) is 0.176. The second-order valence-corrected chi connectivity index (χ2v) is 4.81. The monoisotopic (exact) mass is 300 g/mol. The summed E-state index contributed by atoms with van der Waals surface area (Å²) in [7, 11) is 0. The van der Waals surface area contributed by atoms with Crippen molar-refractivity contribution in [3.8, 4) is 0 Å². The molecule has 4 nitrogen and oxygen atoms in total. The van der Waals surface area contributed by atoms with Crippen LogP contribution < -0.4 is 5.43 Å². The van der Waals surface area contributed by atoms with Crippen molar-refractivity contribution in [1.82, 2.24) is 5.43 Å². The molecule has 0 radical (unpaired) electrons. The number of hydrogen-bond donors (Lipinski definition) is 2. The van der Waals surface area contributed by atoms with Gasteiger partial charge in [-0.1, -0.05) is 42.5 Å². The molecule has 0 fully saturated rings. The van der Waals surface area contributed by atoms with Gasteiger partial charge in [0, 0.05) is 6.42 Å². The van der Waals surface area contributed by atoms with E-state index in [0.29, 0.717) is 12.0 Å². The van der Waals surface area contributed by atoms with Crippen LogP contribution in [0.2, 0.25) is 0 Å². The van der Waals surface area contributed by atoms with E-state index in [1.165, 1.54) is 18.3 Å². The van der Waals surface area contributed by atoms with Gasteiger partial charge in [0.1, 0.15) is 5.82 Å². The van der Waals surface area contributed by atoms with Crippen molar-refractivity contribution in [1.29, 1.82) is 0 Å². The van der Waals surface area contributed by atoms with Crippen LogP contribution in [0.25, 0.3) is 0 Å². The second kappa shape index (κ2) is 8.05. The maximum Gasteiger partial charge on any atom is 0.240 e. The summed E-state index contributed by atoms with van der Waals surface area (Å²) in [6.07, 6.45) is 1.25. The van der Waals surface area contributed by atoms with Crippen LogP contribution in [-0.4, -0.2) is 17.2 Å². The van der Waals surface area contributed by atoms with Crippen molar-refractivity contribution in [2.24, 2.45) is 5.10 Å². The van der Waals surface area contributed by atoms with Gasteiger partial charge in [0.05, 0.1) is 12.3 Å². The summed E-state index contributed by atoms with van der Waals surface area (Å²) in [5.74, 6) is -0.607. The molecular formula is C17H17FN2O2. The molecule has 0 aliphatic heterocycles. The molecule has 2 rings (SSSR count). The number of carbonyl (C=O) groups excluding carboxylic acids is 1. The topological polar surface area (TPSA) is 61.7 Å². The van der Waals surface area contributed by atoms with Crippen LogP contribution in [0.1, 0.15) is 30.1 Å². The molecule has 0 aliphatic carbocycles.